The Bertz CT molecular complexity index is 665. The molecule has 1 aromatic heterocycles. The number of hydrogen-bond donors (Lipinski definition) is 1. The second-order valence-corrected chi connectivity index (χ2v) is 5.28. The van der Waals surface area contributed by atoms with Gasteiger partial charge in [0.2, 0.25) is 0 Å². The van der Waals surface area contributed by atoms with E-state index >= 15 is 0 Å². The van der Waals surface area contributed by atoms with Crippen LogP contribution >= 0.6 is 23.2 Å². The Morgan fingerprint density at radius 3 is 2.70 bits per heavy atom. The normalized spacial score (nSPS) is 10.8. The van der Waals surface area contributed by atoms with Crippen LogP contribution in [0.2, 0.25) is 10.0 Å². The molecule has 1 aromatic carbocycles. The monoisotopic (exact) mass is 311 g/mol. The lowest BCUT2D eigenvalue weighted by molar-refractivity contribution is 0.0990. The second-order valence-electron chi connectivity index (χ2n) is 4.50. The maximum Gasteiger partial charge on any atom is 0.168 e. The number of benzene rings is 1. The highest BCUT2D eigenvalue weighted by Crippen LogP contribution is 2.24. The summed E-state index contributed by atoms with van der Waals surface area (Å²) in [5, 5.41) is 5.21. The van der Waals surface area contributed by atoms with Crippen LogP contribution in [-0.2, 0) is 13.0 Å². The molecule has 106 valence electrons. The maximum absolute atomic E-state index is 12.3. The first-order valence-electron chi connectivity index (χ1n) is 6.24. The minimum atomic E-state index is -0.0663. The molecule has 0 fully saturated rings. The van der Waals surface area contributed by atoms with Crippen LogP contribution in [0.3, 0.4) is 0 Å². The Kier molecular flexibility index (Phi) is 4.35. The number of nitrogens with two attached hydrogens (primary N) is 1. The minimum Gasteiger partial charge on any atom is -0.398 e. The Labute approximate surface area is 127 Å². The second kappa shape index (κ2) is 5.85. The molecule has 0 amide bonds. The van der Waals surface area contributed by atoms with Gasteiger partial charge in [0, 0.05) is 12.1 Å². The number of carbonyl (C=O) groups is 1. The third-order valence-electron chi connectivity index (χ3n) is 3.10. The molecule has 2 N–H and O–H groups in total. The summed E-state index contributed by atoms with van der Waals surface area (Å²) in [5.41, 5.74) is 8.06. The molecule has 0 atom stereocenters. The van der Waals surface area contributed by atoms with E-state index in [1.165, 1.54) is 0 Å². The Morgan fingerprint density at radius 1 is 1.40 bits per heavy atom. The predicted molar refractivity (Wildman–Crippen MR) is 81.5 cm³/mol. The Balaban J connectivity index is 2.30. The predicted octanol–water partition coefficient (Wildman–Crippen LogP) is 3.53. The zero-order valence-electron chi connectivity index (χ0n) is 11.3. The molecule has 0 aliphatic carbocycles. The van der Waals surface area contributed by atoms with Gasteiger partial charge in [-0.1, -0.05) is 23.2 Å². The molecule has 0 aliphatic heterocycles. The number of hydrogen-bond acceptors (Lipinski definition) is 3. The molecular weight excluding hydrogens is 297 g/mol. The van der Waals surface area contributed by atoms with E-state index in [4.69, 9.17) is 28.9 Å². The molecule has 0 unspecified atom stereocenters. The van der Waals surface area contributed by atoms with Gasteiger partial charge in [0.15, 0.2) is 5.78 Å². The molecule has 1 heterocycles. The van der Waals surface area contributed by atoms with Gasteiger partial charge in [0.1, 0.15) is 0 Å². The van der Waals surface area contributed by atoms with Gasteiger partial charge in [-0.3, -0.25) is 9.48 Å². The molecule has 6 heteroatoms. The van der Waals surface area contributed by atoms with Crippen molar-refractivity contribution in [3.8, 4) is 0 Å². The van der Waals surface area contributed by atoms with E-state index in [1.807, 2.05) is 13.8 Å². The molecule has 2 rings (SSSR count). The van der Waals surface area contributed by atoms with Crippen LogP contribution in [0.5, 0.6) is 0 Å². The van der Waals surface area contributed by atoms with E-state index in [9.17, 15) is 4.79 Å². The molecule has 4 nitrogen and oxygen atoms in total. The van der Waals surface area contributed by atoms with Gasteiger partial charge in [0.25, 0.3) is 0 Å². The Morgan fingerprint density at radius 2 is 2.10 bits per heavy atom. The van der Waals surface area contributed by atoms with Crippen LogP contribution in [-0.4, -0.2) is 15.6 Å². The highest BCUT2D eigenvalue weighted by molar-refractivity contribution is 6.33. The molecule has 0 spiro atoms. The van der Waals surface area contributed by atoms with Crippen LogP contribution in [0.15, 0.2) is 18.2 Å². The summed E-state index contributed by atoms with van der Waals surface area (Å²) in [6, 6.07) is 4.86. The number of nitrogens with zero attached hydrogens (tertiary/aromatic N) is 2. The highest BCUT2D eigenvalue weighted by Gasteiger charge is 2.17. The van der Waals surface area contributed by atoms with E-state index in [-0.39, 0.29) is 12.2 Å². The van der Waals surface area contributed by atoms with Crippen molar-refractivity contribution in [2.75, 3.05) is 5.73 Å². The molecular formula is C14H15Cl2N3O. The largest absolute Gasteiger partial charge is 0.398 e. The van der Waals surface area contributed by atoms with E-state index in [2.05, 4.69) is 5.10 Å². The lowest BCUT2D eigenvalue weighted by Crippen LogP contribution is -2.10. The van der Waals surface area contributed by atoms with Gasteiger partial charge < -0.3 is 5.73 Å². The lowest BCUT2D eigenvalue weighted by Gasteiger charge is -2.06. The molecule has 0 saturated carbocycles. The van der Waals surface area contributed by atoms with Crippen molar-refractivity contribution in [1.29, 1.82) is 0 Å². The highest BCUT2D eigenvalue weighted by atomic mass is 35.5. The first kappa shape index (κ1) is 14.9. The van der Waals surface area contributed by atoms with E-state index in [1.54, 1.807) is 22.9 Å². The summed E-state index contributed by atoms with van der Waals surface area (Å²) >= 11 is 12.1. The fraction of sp³-hybridized carbons (Fsp3) is 0.286. The van der Waals surface area contributed by atoms with Crippen molar-refractivity contribution in [3.63, 3.8) is 0 Å². The molecule has 0 bridgehead atoms. The molecule has 0 radical (unpaired) electrons. The molecule has 2 aromatic rings. The third kappa shape index (κ3) is 2.81. The number of aryl methyl sites for hydroxylation is 2. The molecule has 0 saturated heterocycles. The fourth-order valence-corrected chi connectivity index (χ4v) is 2.38. The minimum absolute atomic E-state index is 0.0663. The zero-order chi connectivity index (χ0) is 14.9. The van der Waals surface area contributed by atoms with Gasteiger partial charge in [-0.05, 0) is 32.0 Å². The van der Waals surface area contributed by atoms with Crippen LogP contribution < -0.4 is 5.73 Å². The van der Waals surface area contributed by atoms with E-state index < -0.39 is 0 Å². The first-order valence-corrected chi connectivity index (χ1v) is 6.99. The number of anilines is 1. The van der Waals surface area contributed by atoms with Crippen molar-refractivity contribution >= 4 is 34.7 Å². The van der Waals surface area contributed by atoms with Gasteiger partial charge >= 0.3 is 0 Å². The SMILES string of the molecule is CCn1nc(C)c(Cl)c1CC(=O)c1ccc(N)c(Cl)c1. The number of aromatic nitrogens is 2. The molecule has 0 aliphatic rings. The lowest BCUT2D eigenvalue weighted by atomic mass is 10.1. The fourth-order valence-electron chi connectivity index (χ4n) is 1.99. The summed E-state index contributed by atoms with van der Waals surface area (Å²) in [7, 11) is 0. The summed E-state index contributed by atoms with van der Waals surface area (Å²) in [5.74, 6) is -0.0663. The number of Topliss-reactive ketones (excluding diaryl/α,β-unsaturated/α-hetero) is 1. The standard InChI is InChI=1S/C14H15Cl2N3O/c1-3-19-12(14(16)8(2)18-19)7-13(20)9-4-5-11(17)10(15)6-9/h4-6H,3,7,17H2,1-2H3. The first-order chi connectivity index (χ1) is 9.43. The number of ketones is 1. The summed E-state index contributed by atoms with van der Waals surface area (Å²) in [6.07, 6.45) is 0.188. The maximum atomic E-state index is 12.3. The van der Waals surface area contributed by atoms with Crippen molar-refractivity contribution in [2.24, 2.45) is 0 Å². The van der Waals surface area contributed by atoms with Crippen LogP contribution in [0.1, 0.15) is 28.7 Å². The van der Waals surface area contributed by atoms with Crippen LogP contribution in [0.25, 0.3) is 0 Å². The average molecular weight is 312 g/mol. The van der Waals surface area contributed by atoms with E-state index in [0.717, 1.165) is 11.4 Å². The summed E-state index contributed by atoms with van der Waals surface area (Å²) in [6.45, 7) is 4.44. The number of nitrogen functional groups attached to an aromatic ring is 1. The van der Waals surface area contributed by atoms with Crippen molar-refractivity contribution < 1.29 is 4.79 Å². The van der Waals surface area contributed by atoms with E-state index in [0.29, 0.717) is 27.8 Å². The third-order valence-corrected chi connectivity index (χ3v) is 3.92. The number of carbonyl (C=O) groups excluding carboxylic acids is 1. The molecule has 20 heavy (non-hydrogen) atoms. The number of rotatable bonds is 4. The van der Waals surface area contributed by atoms with Gasteiger partial charge in [-0.15, -0.1) is 0 Å². The van der Waals surface area contributed by atoms with Crippen LogP contribution in [0, 0.1) is 6.92 Å². The van der Waals surface area contributed by atoms with Crippen molar-refractivity contribution in [1.82, 2.24) is 9.78 Å². The van der Waals surface area contributed by atoms with Gasteiger partial charge in [-0.25, -0.2) is 0 Å². The van der Waals surface area contributed by atoms with Crippen molar-refractivity contribution in [2.45, 2.75) is 26.8 Å². The summed E-state index contributed by atoms with van der Waals surface area (Å²) < 4.78 is 1.74. The van der Waals surface area contributed by atoms with Gasteiger partial charge in [-0.2, -0.15) is 5.10 Å². The van der Waals surface area contributed by atoms with Crippen LogP contribution in [0.4, 0.5) is 5.69 Å². The van der Waals surface area contributed by atoms with Gasteiger partial charge in [0.05, 0.1) is 33.5 Å². The topological polar surface area (TPSA) is 60.9 Å². The zero-order valence-corrected chi connectivity index (χ0v) is 12.8. The number of halogens is 2. The summed E-state index contributed by atoms with van der Waals surface area (Å²) in [4.78, 5) is 12.3. The quantitative estimate of drug-likeness (QED) is 0.694. The Hall–Kier alpha value is -1.52. The smallest absolute Gasteiger partial charge is 0.168 e. The van der Waals surface area contributed by atoms with Crippen molar-refractivity contribution in [3.05, 3.63) is 45.2 Å². The average Bonchev–Trinajstić information content (AvgIpc) is 2.69.